The topological polar surface area (TPSA) is 84.3 Å². The Morgan fingerprint density at radius 3 is 2.52 bits per heavy atom. The summed E-state index contributed by atoms with van der Waals surface area (Å²) in [6.45, 7) is 3.71. The molecule has 0 aromatic carbocycles. The molecule has 25 heavy (non-hydrogen) atoms. The van der Waals surface area contributed by atoms with Crippen molar-refractivity contribution in [3.8, 4) is 6.01 Å². The van der Waals surface area contributed by atoms with Gasteiger partial charge in [-0.1, -0.05) is 0 Å². The monoisotopic (exact) mass is 341 g/mol. The molecule has 7 nitrogen and oxygen atoms in total. The predicted molar refractivity (Wildman–Crippen MR) is 92.6 cm³/mol. The van der Waals surface area contributed by atoms with Crippen LogP contribution in [0.5, 0.6) is 6.01 Å². The predicted octanol–water partition coefficient (Wildman–Crippen LogP) is 1.86. The van der Waals surface area contributed by atoms with Gasteiger partial charge >= 0.3 is 6.01 Å². The molecule has 0 spiro atoms. The number of aromatic nitrogens is 4. The lowest BCUT2D eigenvalue weighted by atomic mass is 9.80. The van der Waals surface area contributed by atoms with Crippen LogP contribution in [-0.2, 0) is 0 Å². The molecular weight excluding hydrogens is 318 g/mol. The van der Waals surface area contributed by atoms with Crippen molar-refractivity contribution in [1.82, 2.24) is 19.9 Å². The molecule has 1 saturated carbocycles. The molecule has 2 fully saturated rings. The second-order valence-corrected chi connectivity index (χ2v) is 6.86. The molecule has 1 N–H and O–H groups in total. The van der Waals surface area contributed by atoms with E-state index in [4.69, 9.17) is 4.74 Å². The van der Waals surface area contributed by atoms with Crippen molar-refractivity contribution in [2.75, 3.05) is 18.0 Å². The lowest BCUT2D eigenvalue weighted by Gasteiger charge is -2.34. The van der Waals surface area contributed by atoms with Crippen LogP contribution in [0.15, 0.2) is 24.5 Å². The van der Waals surface area contributed by atoms with Gasteiger partial charge in [0.05, 0.1) is 6.10 Å². The molecule has 132 valence electrons. The standard InChI is InChI=1S/C18H23N5O2/c1-12-21-16(13-9-14(24)10-13)11-17(22-12)23-7-3-15(4-8-23)25-18-19-5-2-6-20-18/h2,5-6,11,13-15,24H,3-4,7-10H2,1H3. The third-order valence-electron chi connectivity index (χ3n) is 4.96. The number of rotatable bonds is 4. The molecule has 0 atom stereocenters. The average Bonchev–Trinajstić information content (AvgIpc) is 2.60. The van der Waals surface area contributed by atoms with Crippen molar-refractivity contribution in [2.45, 2.75) is 50.7 Å². The second-order valence-electron chi connectivity index (χ2n) is 6.86. The largest absolute Gasteiger partial charge is 0.460 e. The Hall–Kier alpha value is -2.28. The molecule has 2 aromatic rings. The second kappa shape index (κ2) is 6.92. The number of aliphatic hydroxyl groups is 1. The summed E-state index contributed by atoms with van der Waals surface area (Å²) in [6, 6.07) is 4.32. The van der Waals surface area contributed by atoms with Crippen molar-refractivity contribution >= 4 is 5.82 Å². The zero-order valence-corrected chi connectivity index (χ0v) is 14.4. The number of hydrogen-bond donors (Lipinski definition) is 1. The van der Waals surface area contributed by atoms with E-state index in [-0.39, 0.29) is 12.2 Å². The first kappa shape index (κ1) is 16.2. The number of ether oxygens (including phenoxy) is 1. The van der Waals surface area contributed by atoms with Gasteiger partial charge in [-0.3, -0.25) is 0 Å². The van der Waals surface area contributed by atoms with Crippen molar-refractivity contribution in [3.63, 3.8) is 0 Å². The molecule has 1 saturated heterocycles. The van der Waals surface area contributed by atoms with Crippen LogP contribution in [-0.4, -0.2) is 50.3 Å². The fourth-order valence-corrected chi connectivity index (χ4v) is 3.47. The number of aryl methyl sites for hydroxylation is 1. The minimum atomic E-state index is -0.170. The summed E-state index contributed by atoms with van der Waals surface area (Å²) in [5.41, 5.74) is 1.06. The van der Waals surface area contributed by atoms with Gasteiger partial charge in [0.1, 0.15) is 17.7 Å². The maximum atomic E-state index is 9.54. The summed E-state index contributed by atoms with van der Waals surface area (Å²) < 4.78 is 5.85. The SMILES string of the molecule is Cc1nc(C2CC(O)C2)cc(N2CCC(Oc3ncccn3)CC2)n1. The highest BCUT2D eigenvalue weighted by Gasteiger charge is 2.31. The Kier molecular flexibility index (Phi) is 4.48. The van der Waals surface area contributed by atoms with Gasteiger partial charge in [0, 0.05) is 56.0 Å². The fourth-order valence-electron chi connectivity index (χ4n) is 3.47. The van der Waals surface area contributed by atoms with E-state index >= 15 is 0 Å². The Labute approximate surface area is 147 Å². The van der Waals surface area contributed by atoms with Crippen molar-refractivity contribution in [3.05, 3.63) is 36.0 Å². The van der Waals surface area contributed by atoms with E-state index in [1.54, 1.807) is 18.5 Å². The lowest BCUT2D eigenvalue weighted by molar-refractivity contribution is 0.0731. The third-order valence-corrected chi connectivity index (χ3v) is 4.96. The van der Waals surface area contributed by atoms with Gasteiger partial charge in [-0.05, 0) is 25.8 Å². The lowest BCUT2D eigenvalue weighted by Crippen LogP contribution is -2.39. The van der Waals surface area contributed by atoms with Crippen LogP contribution in [0.4, 0.5) is 5.82 Å². The minimum Gasteiger partial charge on any atom is -0.460 e. The van der Waals surface area contributed by atoms with Gasteiger partial charge in [-0.25, -0.2) is 19.9 Å². The van der Waals surface area contributed by atoms with Crippen LogP contribution in [0.1, 0.15) is 43.1 Å². The first-order valence-corrected chi connectivity index (χ1v) is 8.89. The smallest absolute Gasteiger partial charge is 0.316 e. The van der Waals surface area contributed by atoms with Crippen LogP contribution in [0.3, 0.4) is 0 Å². The van der Waals surface area contributed by atoms with E-state index in [0.717, 1.165) is 56.1 Å². The van der Waals surface area contributed by atoms with Gasteiger partial charge in [0.2, 0.25) is 0 Å². The molecule has 1 aliphatic carbocycles. The fraction of sp³-hybridized carbons (Fsp3) is 0.556. The van der Waals surface area contributed by atoms with E-state index in [2.05, 4.69) is 30.9 Å². The van der Waals surface area contributed by atoms with Gasteiger partial charge in [0.25, 0.3) is 0 Å². The molecule has 0 amide bonds. The highest BCUT2D eigenvalue weighted by Crippen LogP contribution is 2.36. The molecule has 2 aliphatic rings. The van der Waals surface area contributed by atoms with Crippen LogP contribution in [0.2, 0.25) is 0 Å². The number of aliphatic hydroxyl groups excluding tert-OH is 1. The maximum absolute atomic E-state index is 9.54. The molecule has 7 heteroatoms. The van der Waals surface area contributed by atoms with Crippen LogP contribution >= 0.6 is 0 Å². The summed E-state index contributed by atoms with van der Waals surface area (Å²) in [4.78, 5) is 19.7. The normalized spacial score (nSPS) is 24.0. The van der Waals surface area contributed by atoms with Crippen LogP contribution in [0.25, 0.3) is 0 Å². The van der Waals surface area contributed by atoms with E-state index < -0.39 is 0 Å². The molecule has 2 aromatic heterocycles. The first-order chi connectivity index (χ1) is 12.2. The Bertz CT molecular complexity index is 713. The van der Waals surface area contributed by atoms with E-state index in [0.29, 0.717) is 11.9 Å². The molecule has 1 aliphatic heterocycles. The van der Waals surface area contributed by atoms with Crippen molar-refractivity contribution < 1.29 is 9.84 Å². The third kappa shape index (κ3) is 3.71. The summed E-state index contributed by atoms with van der Waals surface area (Å²) in [6.07, 6.45) is 6.81. The quantitative estimate of drug-likeness (QED) is 0.908. The molecule has 0 bridgehead atoms. The molecule has 0 radical (unpaired) electrons. The Morgan fingerprint density at radius 2 is 1.84 bits per heavy atom. The molecule has 0 unspecified atom stereocenters. The Morgan fingerprint density at radius 1 is 1.12 bits per heavy atom. The number of nitrogens with zero attached hydrogens (tertiary/aromatic N) is 5. The van der Waals surface area contributed by atoms with Crippen LogP contribution in [0, 0.1) is 6.92 Å². The molecular formula is C18H23N5O2. The van der Waals surface area contributed by atoms with E-state index in [1.165, 1.54) is 0 Å². The highest BCUT2D eigenvalue weighted by atomic mass is 16.5. The summed E-state index contributed by atoms with van der Waals surface area (Å²) in [5.74, 6) is 2.15. The molecule has 3 heterocycles. The average molecular weight is 341 g/mol. The van der Waals surface area contributed by atoms with Gasteiger partial charge in [-0.15, -0.1) is 0 Å². The zero-order valence-electron chi connectivity index (χ0n) is 14.4. The number of hydrogen-bond acceptors (Lipinski definition) is 7. The van der Waals surface area contributed by atoms with Gasteiger partial charge in [-0.2, -0.15) is 0 Å². The van der Waals surface area contributed by atoms with Crippen molar-refractivity contribution in [2.24, 2.45) is 0 Å². The minimum absolute atomic E-state index is 0.142. The highest BCUT2D eigenvalue weighted by molar-refractivity contribution is 5.41. The zero-order chi connectivity index (χ0) is 17.2. The number of piperidine rings is 1. The van der Waals surface area contributed by atoms with E-state index in [1.807, 2.05) is 6.92 Å². The summed E-state index contributed by atoms with van der Waals surface area (Å²) >= 11 is 0. The van der Waals surface area contributed by atoms with Gasteiger partial charge < -0.3 is 14.7 Å². The number of anilines is 1. The maximum Gasteiger partial charge on any atom is 0.316 e. The van der Waals surface area contributed by atoms with Crippen LogP contribution < -0.4 is 9.64 Å². The summed E-state index contributed by atoms with van der Waals surface area (Å²) in [5, 5.41) is 9.54. The summed E-state index contributed by atoms with van der Waals surface area (Å²) in [7, 11) is 0. The van der Waals surface area contributed by atoms with Crippen molar-refractivity contribution in [1.29, 1.82) is 0 Å². The Balaban J connectivity index is 1.39. The van der Waals surface area contributed by atoms with E-state index in [9.17, 15) is 5.11 Å². The molecule has 4 rings (SSSR count). The van der Waals surface area contributed by atoms with Gasteiger partial charge in [0.15, 0.2) is 0 Å². The first-order valence-electron chi connectivity index (χ1n) is 8.89.